The first-order valence-electron chi connectivity index (χ1n) is 6.23. The molecule has 1 rings (SSSR count). The molecule has 0 bridgehead atoms. The molecular formula is C15H20N2O. The Labute approximate surface area is 109 Å². The van der Waals surface area contributed by atoms with Gasteiger partial charge in [-0.3, -0.25) is 10.1 Å². The van der Waals surface area contributed by atoms with E-state index in [0.717, 1.165) is 18.5 Å². The lowest BCUT2D eigenvalue weighted by Crippen LogP contribution is -2.38. The van der Waals surface area contributed by atoms with Gasteiger partial charge < -0.3 is 4.90 Å². The van der Waals surface area contributed by atoms with Crippen LogP contribution in [-0.2, 0) is 11.3 Å². The van der Waals surface area contributed by atoms with E-state index in [1.54, 1.807) is 0 Å². The van der Waals surface area contributed by atoms with Gasteiger partial charge in [-0.05, 0) is 12.0 Å². The van der Waals surface area contributed by atoms with E-state index in [1.165, 1.54) is 0 Å². The Morgan fingerprint density at radius 3 is 2.72 bits per heavy atom. The lowest BCUT2D eigenvalue weighted by Gasteiger charge is -2.22. The molecule has 1 amide bonds. The molecule has 0 saturated carbocycles. The molecule has 18 heavy (non-hydrogen) atoms. The molecule has 1 N–H and O–H groups in total. The molecule has 0 aliphatic rings. The van der Waals surface area contributed by atoms with Gasteiger partial charge in [0.2, 0.25) is 5.91 Å². The normalized spacial score (nSPS) is 9.78. The van der Waals surface area contributed by atoms with Crippen molar-refractivity contribution in [1.82, 2.24) is 10.2 Å². The summed E-state index contributed by atoms with van der Waals surface area (Å²) in [5.41, 5.74) is 1.15. The maximum Gasteiger partial charge on any atom is 0.236 e. The van der Waals surface area contributed by atoms with Gasteiger partial charge in [-0.25, -0.2) is 0 Å². The average Bonchev–Trinajstić information content (AvgIpc) is 2.39. The Hall–Kier alpha value is -1.79. The molecule has 96 valence electrons. The number of benzene rings is 1. The van der Waals surface area contributed by atoms with Crippen LogP contribution in [0.1, 0.15) is 18.9 Å². The van der Waals surface area contributed by atoms with Gasteiger partial charge in [0.1, 0.15) is 0 Å². The number of hydrogen-bond acceptors (Lipinski definition) is 2. The van der Waals surface area contributed by atoms with Gasteiger partial charge in [-0.15, -0.1) is 6.42 Å². The summed E-state index contributed by atoms with van der Waals surface area (Å²) in [5, 5.41) is 2.93. The van der Waals surface area contributed by atoms with E-state index >= 15 is 0 Å². The zero-order valence-corrected chi connectivity index (χ0v) is 10.9. The molecule has 0 aliphatic heterocycles. The highest BCUT2D eigenvalue weighted by Gasteiger charge is 2.12. The van der Waals surface area contributed by atoms with Crippen molar-refractivity contribution < 1.29 is 4.79 Å². The first-order chi connectivity index (χ1) is 8.77. The molecule has 0 saturated heterocycles. The third-order valence-corrected chi connectivity index (χ3v) is 2.57. The van der Waals surface area contributed by atoms with Gasteiger partial charge in [0.15, 0.2) is 0 Å². The summed E-state index contributed by atoms with van der Waals surface area (Å²) in [4.78, 5) is 13.9. The van der Waals surface area contributed by atoms with Gasteiger partial charge in [0, 0.05) is 13.1 Å². The summed E-state index contributed by atoms with van der Waals surface area (Å²) in [6, 6.07) is 10.0. The molecule has 0 atom stereocenters. The SMILES string of the molecule is C#CCNCC(=O)N(CCC)Cc1ccccc1. The van der Waals surface area contributed by atoms with E-state index < -0.39 is 0 Å². The summed E-state index contributed by atoms with van der Waals surface area (Å²) in [5.74, 6) is 2.56. The third kappa shape index (κ3) is 5.03. The second-order valence-electron chi connectivity index (χ2n) is 4.11. The predicted molar refractivity (Wildman–Crippen MR) is 73.9 cm³/mol. The Bertz CT molecular complexity index is 395. The Morgan fingerprint density at radius 1 is 1.39 bits per heavy atom. The Kier molecular flexibility index (Phi) is 6.60. The molecular weight excluding hydrogens is 224 g/mol. The van der Waals surface area contributed by atoms with Crippen molar-refractivity contribution in [3.8, 4) is 12.3 Å². The summed E-state index contributed by atoms with van der Waals surface area (Å²) < 4.78 is 0. The summed E-state index contributed by atoms with van der Waals surface area (Å²) >= 11 is 0. The predicted octanol–water partition coefficient (Wildman–Crippen LogP) is 1.65. The van der Waals surface area contributed by atoms with Crippen molar-refractivity contribution in [2.75, 3.05) is 19.6 Å². The van der Waals surface area contributed by atoms with Crippen molar-refractivity contribution >= 4 is 5.91 Å². The fraction of sp³-hybridized carbons (Fsp3) is 0.400. The summed E-state index contributed by atoms with van der Waals surface area (Å²) in [6.07, 6.45) is 6.09. The van der Waals surface area contributed by atoms with E-state index in [2.05, 4.69) is 18.2 Å². The zero-order valence-electron chi connectivity index (χ0n) is 10.9. The van der Waals surface area contributed by atoms with Crippen LogP contribution in [0.4, 0.5) is 0 Å². The maximum absolute atomic E-state index is 12.0. The fourth-order valence-corrected chi connectivity index (χ4v) is 1.72. The highest BCUT2D eigenvalue weighted by Crippen LogP contribution is 2.05. The molecule has 0 aliphatic carbocycles. The van der Waals surface area contributed by atoms with Crippen LogP contribution in [0.15, 0.2) is 30.3 Å². The fourth-order valence-electron chi connectivity index (χ4n) is 1.72. The first kappa shape index (κ1) is 14.3. The number of nitrogens with zero attached hydrogens (tertiary/aromatic N) is 1. The van der Waals surface area contributed by atoms with E-state index in [1.807, 2.05) is 35.2 Å². The number of hydrogen-bond donors (Lipinski definition) is 1. The minimum atomic E-state index is 0.0935. The molecule has 1 aromatic rings. The molecule has 0 aromatic heterocycles. The molecule has 0 unspecified atom stereocenters. The van der Waals surface area contributed by atoms with Gasteiger partial charge in [-0.2, -0.15) is 0 Å². The summed E-state index contributed by atoms with van der Waals surface area (Å²) in [7, 11) is 0. The van der Waals surface area contributed by atoms with Crippen LogP contribution < -0.4 is 5.32 Å². The number of carbonyl (C=O) groups is 1. The standard InChI is InChI=1S/C15H20N2O/c1-3-10-16-12-15(18)17(11-4-2)13-14-8-6-5-7-9-14/h1,5-9,16H,4,10-13H2,2H3. The maximum atomic E-state index is 12.0. The van der Waals surface area contributed by atoms with E-state index in [4.69, 9.17) is 6.42 Å². The van der Waals surface area contributed by atoms with Crippen LogP contribution in [0.5, 0.6) is 0 Å². The van der Waals surface area contributed by atoms with Gasteiger partial charge in [-0.1, -0.05) is 43.2 Å². The second kappa shape index (κ2) is 8.32. The van der Waals surface area contributed by atoms with Crippen LogP contribution in [0.25, 0.3) is 0 Å². The molecule has 0 fully saturated rings. The van der Waals surface area contributed by atoms with Gasteiger partial charge >= 0.3 is 0 Å². The number of carbonyl (C=O) groups excluding carboxylic acids is 1. The third-order valence-electron chi connectivity index (χ3n) is 2.57. The van der Waals surface area contributed by atoms with Crippen molar-refractivity contribution in [3.05, 3.63) is 35.9 Å². The molecule has 0 radical (unpaired) electrons. The summed E-state index contributed by atoms with van der Waals surface area (Å²) in [6.45, 7) is 4.23. The smallest absolute Gasteiger partial charge is 0.236 e. The van der Waals surface area contributed by atoms with Crippen molar-refractivity contribution in [2.24, 2.45) is 0 Å². The molecule has 3 heteroatoms. The number of amides is 1. The average molecular weight is 244 g/mol. The highest BCUT2D eigenvalue weighted by atomic mass is 16.2. The molecule has 0 heterocycles. The number of terminal acetylenes is 1. The minimum absolute atomic E-state index is 0.0935. The quantitative estimate of drug-likeness (QED) is 0.584. The van der Waals surface area contributed by atoms with Crippen LogP contribution in [-0.4, -0.2) is 30.4 Å². The molecule has 3 nitrogen and oxygen atoms in total. The van der Waals surface area contributed by atoms with E-state index in [9.17, 15) is 4.79 Å². The van der Waals surface area contributed by atoms with Gasteiger partial charge in [0.05, 0.1) is 13.1 Å². The first-order valence-corrected chi connectivity index (χ1v) is 6.23. The molecule has 0 spiro atoms. The monoisotopic (exact) mass is 244 g/mol. The lowest BCUT2D eigenvalue weighted by atomic mass is 10.2. The van der Waals surface area contributed by atoms with E-state index in [-0.39, 0.29) is 5.91 Å². The lowest BCUT2D eigenvalue weighted by molar-refractivity contribution is -0.130. The topological polar surface area (TPSA) is 32.3 Å². The van der Waals surface area contributed by atoms with Crippen molar-refractivity contribution in [1.29, 1.82) is 0 Å². The van der Waals surface area contributed by atoms with Crippen LogP contribution >= 0.6 is 0 Å². The highest BCUT2D eigenvalue weighted by molar-refractivity contribution is 5.78. The Balaban J connectivity index is 2.54. The van der Waals surface area contributed by atoms with Gasteiger partial charge in [0.25, 0.3) is 0 Å². The van der Waals surface area contributed by atoms with Crippen LogP contribution in [0.2, 0.25) is 0 Å². The van der Waals surface area contributed by atoms with E-state index in [0.29, 0.717) is 19.6 Å². The van der Waals surface area contributed by atoms with Crippen LogP contribution in [0.3, 0.4) is 0 Å². The zero-order chi connectivity index (χ0) is 13.2. The number of rotatable bonds is 7. The van der Waals surface area contributed by atoms with Crippen LogP contribution in [0, 0.1) is 12.3 Å². The number of nitrogens with one attached hydrogen (secondary N) is 1. The molecule has 1 aromatic carbocycles. The van der Waals surface area contributed by atoms with Crippen molar-refractivity contribution in [3.63, 3.8) is 0 Å². The minimum Gasteiger partial charge on any atom is -0.337 e. The van der Waals surface area contributed by atoms with Crippen molar-refractivity contribution in [2.45, 2.75) is 19.9 Å². The Morgan fingerprint density at radius 2 is 2.11 bits per heavy atom. The largest absolute Gasteiger partial charge is 0.337 e. The second-order valence-corrected chi connectivity index (χ2v) is 4.11.